The smallest absolute Gasteiger partial charge is 0.225 e. The van der Waals surface area contributed by atoms with E-state index in [9.17, 15) is 0 Å². The molecule has 21 heavy (non-hydrogen) atoms. The van der Waals surface area contributed by atoms with Gasteiger partial charge in [-0.3, -0.25) is 9.58 Å². The van der Waals surface area contributed by atoms with E-state index in [1.165, 1.54) is 12.8 Å². The Morgan fingerprint density at radius 1 is 1.33 bits per heavy atom. The van der Waals surface area contributed by atoms with Gasteiger partial charge in [0.2, 0.25) is 5.95 Å². The topological polar surface area (TPSA) is 50.1 Å². The first-order valence-corrected chi connectivity index (χ1v) is 7.43. The zero-order valence-corrected chi connectivity index (χ0v) is 12.7. The summed E-state index contributed by atoms with van der Waals surface area (Å²) in [6.07, 6.45) is 7.99. The summed E-state index contributed by atoms with van der Waals surface area (Å²) in [7, 11) is 4.05. The normalized spacial score (nSPS) is 19.6. The Morgan fingerprint density at radius 2 is 2.14 bits per heavy atom. The van der Waals surface area contributed by atoms with E-state index in [1.807, 2.05) is 24.0 Å². The number of piperidine rings is 1. The zero-order chi connectivity index (χ0) is 14.7. The molecule has 0 radical (unpaired) electrons. The lowest BCUT2D eigenvalue weighted by molar-refractivity contribution is 0.195. The van der Waals surface area contributed by atoms with Crippen molar-refractivity contribution in [2.75, 3.05) is 25.0 Å². The van der Waals surface area contributed by atoms with Crippen molar-refractivity contribution < 1.29 is 0 Å². The molecule has 2 aromatic heterocycles. The van der Waals surface area contributed by atoms with E-state index < -0.39 is 0 Å². The van der Waals surface area contributed by atoms with Gasteiger partial charge in [-0.15, -0.1) is 0 Å². The maximum absolute atomic E-state index is 4.47. The molecule has 2 aromatic rings. The first kappa shape index (κ1) is 14.0. The van der Waals surface area contributed by atoms with Crippen LogP contribution in [-0.4, -0.2) is 50.8 Å². The Morgan fingerprint density at radius 3 is 2.86 bits per heavy atom. The van der Waals surface area contributed by atoms with E-state index in [4.69, 9.17) is 0 Å². The van der Waals surface area contributed by atoms with Crippen molar-refractivity contribution in [2.45, 2.75) is 25.4 Å². The van der Waals surface area contributed by atoms with Crippen molar-refractivity contribution in [2.24, 2.45) is 7.05 Å². The third kappa shape index (κ3) is 3.39. The van der Waals surface area contributed by atoms with Crippen LogP contribution in [0.3, 0.4) is 0 Å². The fraction of sp³-hybridized carbons (Fsp3) is 0.533. The minimum absolute atomic E-state index is 0.463. The van der Waals surface area contributed by atoms with Gasteiger partial charge in [-0.05, 0) is 31.5 Å². The lowest BCUT2D eigenvalue weighted by atomic mass is 10.0. The zero-order valence-electron chi connectivity index (χ0n) is 12.7. The van der Waals surface area contributed by atoms with E-state index in [1.54, 1.807) is 12.4 Å². The molecule has 0 aliphatic carbocycles. The predicted octanol–water partition coefficient (Wildman–Crippen LogP) is 1.31. The Kier molecular flexibility index (Phi) is 4.15. The number of anilines is 1. The number of nitrogens with zero attached hydrogens (tertiary/aromatic N) is 6. The van der Waals surface area contributed by atoms with Gasteiger partial charge in [0, 0.05) is 51.8 Å². The standard InChI is InChI=1S/C15H22N6/c1-19-10-6-13(18-19)11-21-9-3-5-14(12-21)20(2)15-16-7-4-8-17-15/h4,6-8,10,14H,3,5,9,11-12H2,1-2H3. The van der Waals surface area contributed by atoms with E-state index in [-0.39, 0.29) is 0 Å². The minimum atomic E-state index is 0.463. The van der Waals surface area contributed by atoms with Crippen molar-refractivity contribution in [3.8, 4) is 0 Å². The number of hydrogen-bond donors (Lipinski definition) is 0. The molecule has 0 aromatic carbocycles. The van der Waals surface area contributed by atoms with Crippen molar-refractivity contribution in [1.29, 1.82) is 0 Å². The van der Waals surface area contributed by atoms with Crippen molar-refractivity contribution in [3.63, 3.8) is 0 Å². The van der Waals surface area contributed by atoms with Gasteiger partial charge in [0.1, 0.15) is 0 Å². The first-order chi connectivity index (χ1) is 10.2. The average molecular weight is 286 g/mol. The van der Waals surface area contributed by atoms with Gasteiger partial charge in [-0.1, -0.05) is 0 Å². The summed E-state index contributed by atoms with van der Waals surface area (Å²) in [6.45, 7) is 3.09. The summed E-state index contributed by atoms with van der Waals surface area (Å²) < 4.78 is 1.86. The van der Waals surface area contributed by atoms with Gasteiger partial charge < -0.3 is 4.90 Å². The van der Waals surface area contributed by atoms with Crippen LogP contribution in [-0.2, 0) is 13.6 Å². The van der Waals surface area contributed by atoms with Crippen LogP contribution in [0.4, 0.5) is 5.95 Å². The highest BCUT2D eigenvalue weighted by Crippen LogP contribution is 2.19. The molecule has 6 heteroatoms. The van der Waals surface area contributed by atoms with Crippen LogP contribution in [0.2, 0.25) is 0 Å². The van der Waals surface area contributed by atoms with Gasteiger partial charge in [0.15, 0.2) is 0 Å². The van der Waals surface area contributed by atoms with Gasteiger partial charge >= 0.3 is 0 Å². The molecule has 0 amide bonds. The van der Waals surface area contributed by atoms with Crippen LogP contribution in [0.25, 0.3) is 0 Å². The first-order valence-electron chi connectivity index (χ1n) is 7.43. The quantitative estimate of drug-likeness (QED) is 0.848. The molecule has 0 saturated carbocycles. The van der Waals surface area contributed by atoms with E-state index in [0.717, 1.165) is 31.3 Å². The molecule has 1 atom stereocenters. The molecular weight excluding hydrogens is 264 g/mol. The van der Waals surface area contributed by atoms with E-state index in [2.05, 4.69) is 38.0 Å². The monoisotopic (exact) mass is 286 g/mol. The van der Waals surface area contributed by atoms with Crippen LogP contribution < -0.4 is 4.90 Å². The number of likely N-dealkylation sites (N-methyl/N-ethyl adjacent to an activating group) is 1. The van der Waals surface area contributed by atoms with Crippen LogP contribution in [0.5, 0.6) is 0 Å². The Balaban J connectivity index is 1.63. The number of aromatic nitrogens is 4. The maximum Gasteiger partial charge on any atom is 0.225 e. The van der Waals surface area contributed by atoms with Crippen molar-refractivity contribution >= 4 is 5.95 Å². The number of hydrogen-bond acceptors (Lipinski definition) is 5. The molecule has 112 valence electrons. The Labute approximate surface area is 125 Å². The number of rotatable bonds is 4. The van der Waals surface area contributed by atoms with Crippen LogP contribution in [0, 0.1) is 0 Å². The number of aryl methyl sites for hydroxylation is 1. The van der Waals surface area contributed by atoms with Gasteiger partial charge in [-0.2, -0.15) is 5.10 Å². The molecule has 1 saturated heterocycles. The van der Waals surface area contributed by atoms with Gasteiger partial charge in [0.25, 0.3) is 0 Å². The highest BCUT2D eigenvalue weighted by atomic mass is 15.3. The highest BCUT2D eigenvalue weighted by molar-refractivity contribution is 5.29. The summed E-state index contributed by atoms with van der Waals surface area (Å²) in [5.41, 5.74) is 1.14. The third-order valence-electron chi connectivity index (χ3n) is 4.05. The van der Waals surface area contributed by atoms with Crippen LogP contribution in [0.15, 0.2) is 30.7 Å². The van der Waals surface area contributed by atoms with E-state index in [0.29, 0.717) is 6.04 Å². The molecule has 1 aliphatic rings. The molecule has 0 bridgehead atoms. The minimum Gasteiger partial charge on any atom is -0.340 e. The molecule has 3 heterocycles. The maximum atomic E-state index is 4.47. The molecule has 1 fully saturated rings. The average Bonchev–Trinajstić information content (AvgIpc) is 2.93. The number of likely N-dealkylation sites (tertiary alicyclic amines) is 1. The molecule has 0 spiro atoms. The van der Waals surface area contributed by atoms with Gasteiger partial charge in [0.05, 0.1) is 5.69 Å². The van der Waals surface area contributed by atoms with Crippen molar-refractivity contribution in [1.82, 2.24) is 24.6 Å². The van der Waals surface area contributed by atoms with E-state index >= 15 is 0 Å². The SMILES string of the molecule is CN(c1ncccn1)C1CCCN(Cc2ccn(C)n2)C1. The molecule has 1 unspecified atom stereocenters. The second-order valence-corrected chi connectivity index (χ2v) is 5.67. The van der Waals surface area contributed by atoms with Crippen molar-refractivity contribution in [3.05, 3.63) is 36.4 Å². The van der Waals surface area contributed by atoms with Crippen LogP contribution in [0.1, 0.15) is 18.5 Å². The summed E-state index contributed by atoms with van der Waals surface area (Å²) >= 11 is 0. The second-order valence-electron chi connectivity index (χ2n) is 5.67. The second kappa shape index (κ2) is 6.22. The summed E-state index contributed by atoms with van der Waals surface area (Å²) in [4.78, 5) is 13.4. The summed E-state index contributed by atoms with van der Waals surface area (Å²) in [5.74, 6) is 0.808. The summed E-state index contributed by atoms with van der Waals surface area (Å²) in [5, 5.41) is 4.47. The largest absolute Gasteiger partial charge is 0.340 e. The van der Waals surface area contributed by atoms with Gasteiger partial charge in [-0.25, -0.2) is 9.97 Å². The molecular formula is C15H22N6. The van der Waals surface area contributed by atoms with Crippen LogP contribution >= 0.6 is 0 Å². The Bertz CT molecular complexity index is 567. The summed E-state index contributed by atoms with van der Waals surface area (Å²) in [6, 6.07) is 4.41. The highest BCUT2D eigenvalue weighted by Gasteiger charge is 2.24. The molecule has 1 aliphatic heterocycles. The Hall–Kier alpha value is -1.95. The third-order valence-corrected chi connectivity index (χ3v) is 4.05. The molecule has 3 rings (SSSR count). The molecule has 6 nitrogen and oxygen atoms in total. The lowest BCUT2D eigenvalue weighted by Crippen LogP contribution is -2.46. The lowest BCUT2D eigenvalue weighted by Gasteiger charge is -2.37. The molecule has 0 N–H and O–H groups in total. The fourth-order valence-corrected chi connectivity index (χ4v) is 2.90. The predicted molar refractivity (Wildman–Crippen MR) is 81.9 cm³/mol. The fourth-order valence-electron chi connectivity index (χ4n) is 2.90.